The standard InChI is InChI=1S/C14H18N4O3/c1-3-17-7-6-16-14(17)10-21-13-5-4-11(9-15-2)8-12(13)18(19)20/h4-8,15H,3,9-10H2,1-2H3. The number of aromatic nitrogens is 2. The van der Waals surface area contributed by atoms with Gasteiger partial charge >= 0.3 is 5.69 Å². The van der Waals surface area contributed by atoms with E-state index in [2.05, 4.69) is 10.3 Å². The average molecular weight is 290 g/mol. The Hall–Kier alpha value is -2.41. The smallest absolute Gasteiger partial charge is 0.311 e. The number of benzene rings is 1. The minimum atomic E-state index is -0.430. The molecule has 2 rings (SSSR count). The minimum Gasteiger partial charge on any atom is -0.479 e. The van der Waals surface area contributed by atoms with Crippen LogP contribution < -0.4 is 10.1 Å². The van der Waals surface area contributed by atoms with Gasteiger partial charge in [0.1, 0.15) is 12.4 Å². The molecule has 0 radical (unpaired) electrons. The zero-order valence-electron chi connectivity index (χ0n) is 12.1. The van der Waals surface area contributed by atoms with Gasteiger partial charge in [-0.05, 0) is 25.6 Å². The maximum atomic E-state index is 11.1. The molecule has 0 aliphatic rings. The summed E-state index contributed by atoms with van der Waals surface area (Å²) in [4.78, 5) is 14.9. The summed E-state index contributed by atoms with van der Waals surface area (Å²) in [6.07, 6.45) is 3.54. The number of aryl methyl sites for hydroxylation is 1. The first kappa shape index (κ1) is 15.0. The molecule has 0 aliphatic heterocycles. The fourth-order valence-corrected chi connectivity index (χ4v) is 2.05. The Morgan fingerprint density at radius 3 is 2.95 bits per heavy atom. The second-order valence-corrected chi connectivity index (χ2v) is 4.51. The van der Waals surface area contributed by atoms with E-state index in [1.165, 1.54) is 6.07 Å². The fraction of sp³-hybridized carbons (Fsp3) is 0.357. The van der Waals surface area contributed by atoms with E-state index in [0.29, 0.717) is 6.54 Å². The molecule has 0 aliphatic carbocycles. The van der Waals surface area contributed by atoms with Crippen molar-refractivity contribution in [2.45, 2.75) is 26.6 Å². The van der Waals surface area contributed by atoms with E-state index in [4.69, 9.17) is 4.74 Å². The summed E-state index contributed by atoms with van der Waals surface area (Å²) in [5.41, 5.74) is 0.809. The third kappa shape index (κ3) is 3.57. The highest BCUT2D eigenvalue weighted by Crippen LogP contribution is 2.28. The topological polar surface area (TPSA) is 82.2 Å². The first-order valence-electron chi connectivity index (χ1n) is 6.70. The molecular weight excluding hydrogens is 272 g/mol. The van der Waals surface area contributed by atoms with Crippen LogP contribution in [0.5, 0.6) is 5.75 Å². The molecule has 2 aromatic rings. The Kier molecular flexibility index (Phi) is 4.89. The number of nitrogens with zero attached hydrogens (tertiary/aromatic N) is 3. The average Bonchev–Trinajstić information content (AvgIpc) is 2.93. The highest BCUT2D eigenvalue weighted by atomic mass is 16.6. The van der Waals surface area contributed by atoms with Gasteiger partial charge in [-0.1, -0.05) is 6.07 Å². The zero-order chi connectivity index (χ0) is 15.2. The van der Waals surface area contributed by atoms with Crippen molar-refractivity contribution < 1.29 is 9.66 Å². The lowest BCUT2D eigenvalue weighted by atomic mass is 10.2. The molecule has 21 heavy (non-hydrogen) atoms. The number of nitro groups is 1. The lowest BCUT2D eigenvalue weighted by molar-refractivity contribution is -0.386. The number of imidazole rings is 1. The van der Waals surface area contributed by atoms with Crippen LogP contribution in [-0.4, -0.2) is 21.5 Å². The Labute approximate surface area is 122 Å². The van der Waals surface area contributed by atoms with E-state index < -0.39 is 4.92 Å². The van der Waals surface area contributed by atoms with Crippen molar-refractivity contribution in [3.63, 3.8) is 0 Å². The Morgan fingerprint density at radius 1 is 1.48 bits per heavy atom. The first-order valence-corrected chi connectivity index (χ1v) is 6.70. The van der Waals surface area contributed by atoms with Crippen LogP contribution in [0.15, 0.2) is 30.6 Å². The molecule has 0 amide bonds. The number of hydrogen-bond acceptors (Lipinski definition) is 5. The van der Waals surface area contributed by atoms with Crippen molar-refractivity contribution >= 4 is 5.69 Å². The number of ether oxygens (including phenoxy) is 1. The molecular formula is C14H18N4O3. The molecule has 0 saturated heterocycles. The molecule has 7 heteroatoms. The van der Waals surface area contributed by atoms with Crippen LogP contribution in [0.2, 0.25) is 0 Å². The molecule has 1 aromatic heterocycles. The van der Waals surface area contributed by atoms with Crippen LogP contribution in [-0.2, 0) is 19.7 Å². The quantitative estimate of drug-likeness (QED) is 0.624. The van der Waals surface area contributed by atoms with E-state index in [9.17, 15) is 10.1 Å². The van der Waals surface area contributed by atoms with Gasteiger partial charge in [0.15, 0.2) is 5.75 Å². The Balaban J connectivity index is 2.17. The van der Waals surface area contributed by atoms with Gasteiger partial charge in [-0.2, -0.15) is 0 Å². The summed E-state index contributed by atoms with van der Waals surface area (Å²) in [6.45, 7) is 3.55. The lowest BCUT2D eigenvalue weighted by Crippen LogP contribution is -2.08. The first-order chi connectivity index (χ1) is 10.2. The molecule has 0 spiro atoms. The van der Waals surface area contributed by atoms with Crippen LogP contribution in [0.4, 0.5) is 5.69 Å². The van der Waals surface area contributed by atoms with E-state index in [1.54, 1.807) is 19.3 Å². The minimum absolute atomic E-state index is 0.0302. The molecule has 7 nitrogen and oxygen atoms in total. The van der Waals surface area contributed by atoms with Crippen LogP contribution >= 0.6 is 0 Å². The predicted octanol–water partition coefficient (Wildman–Crippen LogP) is 2.11. The number of hydrogen-bond donors (Lipinski definition) is 1. The van der Waals surface area contributed by atoms with Crippen LogP contribution in [0.1, 0.15) is 18.3 Å². The molecule has 1 aromatic carbocycles. The van der Waals surface area contributed by atoms with Gasteiger partial charge in [-0.3, -0.25) is 10.1 Å². The van der Waals surface area contributed by atoms with E-state index in [0.717, 1.165) is 17.9 Å². The maximum absolute atomic E-state index is 11.1. The number of rotatable bonds is 7. The Bertz CT molecular complexity index is 624. The molecule has 0 bridgehead atoms. The van der Waals surface area contributed by atoms with Crippen molar-refractivity contribution in [1.29, 1.82) is 0 Å². The molecule has 112 valence electrons. The van der Waals surface area contributed by atoms with E-state index >= 15 is 0 Å². The van der Waals surface area contributed by atoms with Gasteiger partial charge in [-0.15, -0.1) is 0 Å². The molecule has 0 fully saturated rings. The van der Waals surface area contributed by atoms with Crippen molar-refractivity contribution in [1.82, 2.24) is 14.9 Å². The maximum Gasteiger partial charge on any atom is 0.311 e. The molecule has 1 N–H and O–H groups in total. The van der Waals surface area contributed by atoms with Crippen molar-refractivity contribution in [3.05, 3.63) is 52.1 Å². The molecule has 1 heterocycles. The summed E-state index contributed by atoms with van der Waals surface area (Å²) in [7, 11) is 1.79. The van der Waals surface area contributed by atoms with Crippen molar-refractivity contribution in [3.8, 4) is 5.75 Å². The largest absolute Gasteiger partial charge is 0.479 e. The van der Waals surface area contributed by atoms with E-state index in [1.807, 2.05) is 23.8 Å². The second-order valence-electron chi connectivity index (χ2n) is 4.51. The van der Waals surface area contributed by atoms with Crippen LogP contribution in [0, 0.1) is 10.1 Å². The van der Waals surface area contributed by atoms with Gasteiger partial charge in [0.05, 0.1) is 4.92 Å². The van der Waals surface area contributed by atoms with Gasteiger partial charge < -0.3 is 14.6 Å². The van der Waals surface area contributed by atoms with Gasteiger partial charge in [-0.25, -0.2) is 4.98 Å². The lowest BCUT2D eigenvalue weighted by Gasteiger charge is -2.09. The van der Waals surface area contributed by atoms with Crippen molar-refractivity contribution in [2.75, 3.05) is 7.05 Å². The third-order valence-electron chi connectivity index (χ3n) is 3.10. The second kappa shape index (κ2) is 6.85. The molecule has 0 unspecified atom stereocenters. The van der Waals surface area contributed by atoms with Crippen LogP contribution in [0.25, 0.3) is 0 Å². The van der Waals surface area contributed by atoms with Gasteiger partial charge in [0.2, 0.25) is 0 Å². The summed E-state index contributed by atoms with van der Waals surface area (Å²) < 4.78 is 7.50. The highest BCUT2D eigenvalue weighted by molar-refractivity contribution is 5.48. The Morgan fingerprint density at radius 2 is 2.29 bits per heavy atom. The molecule has 0 saturated carbocycles. The summed E-state index contributed by atoms with van der Waals surface area (Å²) in [6, 6.07) is 4.97. The zero-order valence-corrected chi connectivity index (χ0v) is 12.1. The summed E-state index contributed by atoms with van der Waals surface area (Å²) in [5, 5.41) is 14.1. The predicted molar refractivity (Wildman–Crippen MR) is 78.1 cm³/mol. The monoisotopic (exact) mass is 290 g/mol. The van der Waals surface area contributed by atoms with Crippen molar-refractivity contribution in [2.24, 2.45) is 0 Å². The normalized spacial score (nSPS) is 10.6. The third-order valence-corrected chi connectivity index (χ3v) is 3.10. The number of nitrogens with one attached hydrogen (secondary N) is 1. The van der Waals surface area contributed by atoms with E-state index in [-0.39, 0.29) is 18.0 Å². The van der Waals surface area contributed by atoms with Crippen LogP contribution in [0.3, 0.4) is 0 Å². The molecule has 0 atom stereocenters. The summed E-state index contributed by atoms with van der Waals surface area (Å²) >= 11 is 0. The fourth-order valence-electron chi connectivity index (χ4n) is 2.05. The SMILES string of the molecule is CCn1ccnc1COc1ccc(CNC)cc1[N+](=O)[O-]. The number of nitro benzene ring substituents is 1. The highest BCUT2D eigenvalue weighted by Gasteiger charge is 2.16. The summed E-state index contributed by atoms with van der Waals surface area (Å²) in [5.74, 6) is 0.997. The van der Waals surface area contributed by atoms with Gasteiger partial charge in [0, 0.05) is 31.5 Å². The van der Waals surface area contributed by atoms with Gasteiger partial charge in [0.25, 0.3) is 0 Å².